The number of amidine groups is 1. The van der Waals surface area contributed by atoms with Crippen LogP contribution in [0, 0.1) is 5.92 Å². The molecule has 2 aromatic rings. The van der Waals surface area contributed by atoms with Crippen molar-refractivity contribution < 1.29 is 9.90 Å². The first-order chi connectivity index (χ1) is 12.1. The summed E-state index contributed by atoms with van der Waals surface area (Å²) in [7, 11) is 0. The molecule has 8 heteroatoms. The topological polar surface area (TPSA) is 77.8 Å². The Kier molecular flexibility index (Phi) is 5.53. The number of nitrogens with zero attached hydrogens (tertiary/aromatic N) is 3. The highest BCUT2D eigenvalue weighted by atomic mass is 35.5. The highest BCUT2D eigenvalue weighted by molar-refractivity contribution is 6.42. The summed E-state index contributed by atoms with van der Waals surface area (Å²) in [6, 6.07) is 8.48. The van der Waals surface area contributed by atoms with Crippen molar-refractivity contribution >= 4 is 40.6 Å². The molecule has 1 aliphatic rings. The predicted octanol–water partition coefficient (Wildman–Crippen LogP) is 2.95. The van der Waals surface area contributed by atoms with Crippen molar-refractivity contribution in [3.63, 3.8) is 0 Å². The maximum atomic E-state index is 12.4. The zero-order chi connectivity index (χ0) is 17.8. The van der Waals surface area contributed by atoms with Gasteiger partial charge in [-0.2, -0.15) is 5.10 Å². The van der Waals surface area contributed by atoms with Crippen molar-refractivity contribution in [2.45, 2.75) is 6.42 Å². The molecule has 0 fully saturated rings. The lowest BCUT2D eigenvalue weighted by Crippen LogP contribution is -2.35. The molecule has 0 saturated carbocycles. The Morgan fingerprint density at radius 2 is 2.00 bits per heavy atom. The molecule has 0 aliphatic carbocycles. The largest absolute Gasteiger partial charge is 0.396 e. The Labute approximate surface area is 155 Å². The van der Waals surface area contributed by atoms with Crippen LogP contribution in [0.4, 0.5) is 5.69 Å². The number of rotatable bonds is 4. The summed E-state index contributed by atoms with van der Waals surface area (Å²) in [5, 5.41) is 19.2. The Morgan fingerprint density at radius 1 is 1.24 bits per heavy atom. The first-order valence-electron chi connectivity index (χ1n) is 7.72. The highest BCUT2D eigenvalue weighted by Crippen LogP contribution is 2.30. The summed E-state index contributed by atoms with van der Waals surface area (Å²) in [5.41, 5.74) is 1.26. The van der Waals surface area contributed by atoms with E-state index < -0.39 is 0 Å². The molecule has 1 unspecified atom stereocenters. The lowest BCUT2D eigenvalue weighted by atomic mass is 10.1. The molecule has 25 heavy (non-hydrogen) atoms. The summed E-state index contributed by atoms with van der Waals surface area (Å²) >= 11 is 12.0. The van der Waals surface area contributed by atoms with E-state index in [1.54, 1.807) is 47.7 Å². The van der Waals surface area contributed by atoms with Crippen LogP contribution in [0.3, 0.4) is 0 Å². The van der Waals surface area contributed by atoms with Crippen LogP contribution in [-0.2, 0) is 0 Å². The minimum Gasteiger partial charge on any atom is -0.396 e. The number of carbonyl (C=O) groups excluding carboxylic acids is 1. The maximum absolute atomic E-state index is 12.4. The summed E-state index contributed by atoms with van der Waals surface area (Å²) < 4.78 is 0. The smallest absolute Gasteiger partial charge is 0.256 e. The summed E-state index contributed by atoms with van der Waals surface area (Å²) in [6.07, 6.45) is 3.60. The number of hydrogen-bond donors (Lipinski definition) is 2. The number of anilines is 1. The highest BCUT2D eigenvalue weighted by Gasteiger charge is 2.29. The van der Waals surface area contributed by atoms with Gasteiger partial charge in [-0.25, -0.2) is 0 Å². The molecule has 0 radical (unpaired) electrons. The number of nitrogens with one attached hydrogen (secondary N) is 1. The normalized spacial score (nSPS) is 16.7. The molecule has 1 amide bonds. The van der Waals surface area contributed by atoms with Crippen molar-refractivity contribution in [2.75, 3.05) is 18.2 Å². The second-order valence-electron chi connectivity index (χ2n) is 5.56. The SMILES string of the molecule is O=C(NC1=NN(c2ccc(Cl)c(Cl)c2)CC1CCO)c1ccncc1. The molecule has 1 atom stereocenters. The number of hydrazone groups is 1. The van der Waals surface area contributed by atoms with Crippen LogP contribution in [0.5, 0.6) is 0 Å². The molecule has 1 aromatic carbocycles. The van der Waals surface area contributed by atoms with Crippen LogP contribution in [0.2, 0.25) is 10.0 Å². The van der Waals surface area contributed by atoms with Crippen LogP contribution in [0.15, 0.2) is 47.8 Å². The van der Waals surface area contributed by atoms with Gasteiger partial charge in [-0.05, 0) is 36.8 Å². The number of benzene rings is 1. The fourth-order valence-electron chi connectivity index (χ4n) is 2.56. The van der Waals surface area contributed by atoms with Gasteiger partial charge in [0.05, 0.1) is 22.3 Å². The van der Waals surface area contributed by atoms with E-state index in [4.69, 9.17) is 23.2 Å². The van der Waals surface area contributed by atoms with Crippen molar-refractivity contribution in [3.05, 3.63) is 58.3 Å². The van der Waals surface area contributed by atoms with Crippen molar-refractivity contribution in [1.29, 1.82) is 0 Å². The third-order valence-corrected chi connectivity index (χ3v) is 4.61. The number of aliphatic hydroxyl groups excluding tert-OH is 1. The summed E-state index contributed by atoms with van der Waals surface area (Å²) in [6.45, 7) is 0.536. The van der Waals surface area contributed by atoms with E-state index in [-0.39, 0.29) is 18.4 Å². The number of hydrogen-bond acceptors (Lipinski definition) is 5. The average Bonchev–Trinajstić information content (AvgIpc) is 3.01. The van der Waals surface area contributed by atoms with Gasteiger partial charge in [0.2, 0.25) is 0 Å². The second-order valence-corrected chi connectivity index (χ2v) is 6.38. The molecular weight excluding hydrogens is 363 g/mol. The van der Waals surface area contributed by atoms with E-state index in [0.29, 0.717) is 34.4 Å². The van der Waals surface area contributed by atoms with Crippen molar-refractivity contribution in [1.82, 2.24) is 10.3 Å². The molecule has 0 saturated heterocycles. The Bertz CT molecular complexity index is 798. The third-order valence-electron chi connectivity index (χ3n) is 3.87. The zero-order valence-corrected chi connectivity index (χ0v) is 14.7. The third kappa shape index (κ3) is 4.10. The van der Waals surface area contributed by atoms with Gasteiger partial charge in [-0.15, -0.1) is 0 Å². The van der Waals surface area contributed by atoms with E-state index in [9.17, 15) is 9.90 Å². The van der Waals surface area contributed by atoms with Gasteiger partial charge < -0.3 is 10.4 Å². The number of aromatic nitrogens is 1. The van der Waals surface area contributed by atoms with Gasteiger partial charge in [-0.1, -0.05) is 23.2 Å². The van der Waals surface area contributed by atoms with E-state index in [1.807, 2.05) is 0 Å². The molecule has 2 N–H and O–H groups in total. The number of carbonyl (C=O) groups is 1. The monoisotopic (exact) mass is 378 g/mol. The second kappa shape index (κ2) is 7.82. The fraction of sp³-hybridized carbons (Fsp3) is 0.235. The zero-order valence-electron chi connectivity index (χ0n) is 13.2. The predicted molar refractivity (Wildman–Crippen MR) is 98.1 cm³/mol. The molecule has 1 aliphatic heterocycles. The molecule has 6 nitrogen and oxygen atoms in total. The number of halogens is 2. The van der Waals surface area contributed by atoms with Gasteiger partial charge in [-0.3, -0.25) is 14.8 Å². The minimum absolute atomic E-state index is 0.00400. The lowest BCUT2D eigenvalue weighted by molar-refractivity contribution is 0.0975. The van der Waals surface area contributed by atoms with Crippen LogP contribution >= 0.6 is 23.2 Å². The van der Waals surface area contributed by atoms with Gasteiger partial charge in [0.25, 0.3) is 5.91 Å². The van der Waals surface area contributed by atoms with Crippen LogP contribution in [0.1, 0.15) is 16.8 Å². The minimum atomic E-state index is -0.264. The Balaban J connectivity index is 1.81. The molecule has 1 aromatic heterocycles. The van der Waals surface area contributed by atoms with E-state index in [1.165, 1.54) is 0 Å². The van der Waals surface area contributed by atoms with Gasteiger partial charge in [0, 0.05) is 30.5 Å². The maximum Gasteiger partial charge on any atom is 0.256 e. The fourth-order valence-corrected chi connectivity index (χ4v) is 2.85. The summed E-state index contributed by atoms with van der Waals surface area (Å²) in [5.74, 6) is 0.159. The van der Waals surface area contributed by atoms with E-state index >= 15 is 0 Å². The molecule has 3 rings (SSSR count). The van der Waals surface area contributed by atoms with E-state index in [2.05, 4.69) is 15.4 Å². The number of aliphatic hydroxyl groups is 1. The Morgan fingerprint density at radius 3 is 2.68 bits per heavy atom. The molecule has 130 valence electrons. The van der Waals surface area contributed by atoms with Crippen LogP contribution in [-0.4, -0.2) is 35.0 Å². The summed E-state index contributed by atoms with van der Waals surface area (Å²) in [4.78, 5) is 16.2. The first kappa shape index (κ1) is 17.7. The average molecular weight is 379 g/mol. The molecule has 0 bridgehead atoms. The van der Waals surface area contributed by atoms with Crippen LogP contribution in [0.25, 0.3) is 0 Å². The van der Waals surface area contributed by atoms with Crippen LogP contribution < -0.4 is 10.3 Å². The molecule has 2 heterocycles. The molecule has 0 spiro atoms. The van der Waals surface area contributed by atoms with Gasteiger partial charge in [0.1, 0.15) is 5.84 Å². The van der Waals surface area contributed by atoms with Crippen molar-refractivity contribution in [3.8, 4) is 0 Å². The quantitative estimate of drug-likeness (QED) is 0.856. The first-order valence-corrected chi connectivity index (χ1v) is 8.47. The molecular formula is C17H16Cl2N4O2. The number of pyridine rings is 1. The standard InChI is InChI=1S/C17H16Cl2N4O2/c18-14-2-1-13(9-15(14)19)23-10-12(5-8-24)16(22-23)21-17(25)11-3-6-20-7-4-11/h1-4,6-7,9,12,24H,5,8,10H2,(H,21,22,25). The van der Waals surface area contributed by atoms with E-state index in [0.717, 1.165) is 5.69 Å². The van der Waals surface area contributed by atoms with Gasteiger partial charge >= 0.3 is 0 Å². The van der Waals surface area contributed by atoms with Crippen molar-refractivity contribution in [2.24, 2.45) is 11.0 Å². The van der Waals surface area contributed by atoms with Gasteiger partial charge in [0.15, 0.2) is 0 Å². The number of amides is 1. The Hall–Kier alpha value is -2.15. The lowest BCUT2D eigenvalue weighted by Gasteiger charge is -2.16.